The normalized spacial score (nSPS) is 15.1. The summed E-state index contributed by atoms with van der Waals surface area (Å²) < 4.78 is 22.8. The number of hydrogen-bond donors (Lipinski definition) is 2. The number of benzene rings is 2. The molecule has 0 saturated carbocycles. The van der Waals surface area contributed by atoms with Crippen molar-refractivity contribution in [3.05, 3.63) is 64.6 Å². The van der Waals surface area contributed by atoms with Crippen LogP contribution in [0.4, 0.5) is 4.39 Å². The summed E-state index contributed by atoms with van der Waals surface area (Å²) in [5.41, 5.74) is 3.55. The average Bonchev–Trinajstić information content (AvgIpc) is 3.47. The highest BCUT2D eigenvalue weighted by Crippen LogP contribution is 2.43. The van der Waals surface area contributed by atoms with Crippen LogP contribution in [0.5, 0.6) is 5.75 Å². The summed E-state index contributed by atoms with van der Waals surface area (Å²) in [6.07, 6.45) is 3.80. The number of aromatic nitrogens is 1. The number of ether oxygens (including phenoxy) is 1. The lowest BCUT2D eigenvalue weighted by Crippen LogP contribution is -2.23. The Hall–Kier alpha value is -3.16. The van der Waals surface area contributed by atoms with Gasteiger partial charge in [0.2, 0.25) is 0 Å². The quantitative estimate of drug-likeness (QED) is 0.514. The Bertz CT molecular complexity index is 1340. The Morgan fingerprint density at radius 1 is 1.15 bits per heavy atom. The van der Waals surface area contributed by atoms with Crippen LogP contribution in [0.2, 0.25) is 0 Å². The van der Waals surface area contributed by atoms with Crippen molar-refractivity contribution in [2.24, 2.45) is 0 Å². The Morgan fingerprint density at radius 2 is 1.91 bits per heavy atom. The molecule has 2 amide bonds. The van der Waals surface area contributed by atoms with Crippen LogP contribution >= 0.6 is 12.4 Å². The molecule has 8 heteroatoms. The van der Waals surface area contributed by atoms with E-state index in [1.807, 2.05) is 42.8 Å². The molecule has 0 saturated heterocycles. The third-order valence-corrected chi connectivity index (χ3v) is 6.33. The van der Waals surface area contributed by atoms with Gasteiger partial charge in [-0.3, -0.25) is 14.9 Å². The first-order valence-electron chi connectivity index (χ1n) is 11.2. The molecular weight excluding hydrogens is 459 g/mol. The largest absolute Gasteiger partial charge is 0.492 e. The fourth-order valence-electron chi connectivity index (χ4n) is 4.78. The zero-order valence-corrected chi connectivity index (χ0v) is 19.8. The standard InChI is InChI=1S/C26H25FN2O4.ClH/c1-14(2)29-13-18(17-12-15(4-3-10-30)5-8-20(17)29)21-23(26(32)28-25(21)31)22-19(27)7-6-16-9-11-33-24(16)22;/h5-8,12-14,30H,3-4,9-11H2,1-2H3,(H,28,31,32);1H. The van der Waals surface area contributed by atoms with Crippen LogP contribution in [-0.4, -0.2) is 34.7 Å². The maximum absolute atomic E-state index is 15.1. The second kappa shape index (κ2) is 9.24. The molecule has 0 aliphatic carbocycles. The minimum Gasteiger partial charge on any atom is -0.492 e. The van der Waals surface area contributed by atoms with Gasteiger partial charge in [0.05, 0.1) is 23.3 Å². The zero-order valence-electron chi connectivity index (χ0n) is 19.0. The topological polar surface area (TPSA) is 80.6 Å². The van der Waals surface area contributed by atoms with Gasteiger partial charge in [-0.05, 0) is 56.0 Å². The highest BCUT2D eigenvalue weighted by molar-refractivity contribution is 6.50. The van der Waals surface area contributed by atoms with Gasteiger partial charge in [-0.15, -0.1) is 12.4 Å². The van der Waals surface area contributed by atoms with Crippen molar-refractivity contribution in [1.82, 2.24) is 9.88 Å². The number of fused-ring (bicyclic) bond motifs is 2. The fourth-order valence-corrected chi connectivity index (χ4v) is 4.78. The third kappa shape index (κ3) is 3.79. The molecule has 0 spiro atoms. The predicted octanol–water partition coefficient (Wildman–Crippen LogP) is 4.21. The highest BCUT2D eigenvalue weighted by Gasteiger charge is 2.38. The fraction of sp³-hybridized carbons (Fsp3) is 0.308. The van der Waals surface area contributed by atoms with Gasteiger partial charge in [0.15, 0.2) is 0 Å². The number of aliphatic hydroxyl groups is 1. The average molecular weight is 485 g/mol. The minimum absolute atomic E-state index is 0. The van der Waals surface area contributed by atoms with Crippen LogP contribution < -0.4 is 10.1 Å². The number of nitrogens with zero attached hydrogens (tertiary/aromatic N) is 1. The molecule has 1 aromatic heterocycles. The molecule has 0 atom stereocenters. The summed E-state index contributed by atoms with van der Waals surface area (Å²) in [7, 11) is 0. The Kier molecular flexibility index (Phi) is 6.51. The van der Waals surface area contributed by atoms with Gasteiger partial charge >= 0.3 is 0 Å². The number of aliphatic hydroxyl groups excluding tert-OH is 1. The molecule has 2 aliphatic heterocycles. The van der Waals surface area contributed by atoms with E-state index < -0.39 is 17.6 Å². The van der Waals surface area contributed by atoms with Crippen LogP contribution in [-0.2, 0) is 22.4 Å². The number of amides is 2. The highest BCUT2D eigenvalue weighted by atomic mass is 35.5. The molecule has 3 aromatic rings. The number of carbonyl (C=O) groups is 2. The molecule has 3 heterocycles. The van der Waals surface area contributed by atoms with E-state index in [-0.39, 0.29) is 41.8 Å². The molecule has 0 unspecified atom stereocenters. The monoisotopic (exact) mass is 484 g/mol. The van der Waals surface area contributed by atoms with Crippen LogP contribution in [0, 0.1) is 5.82 Å². The van der Waals surface area contributed by atoms with Crippen molar-refractivity contribution in [2.45, 2.75) is 39.2 Å². The molecule has 0 fully saturated rings. The summed E-state index contributed by atoms with van der Waals surface area (Å²) in [5, 5.41) is 12.4. The van der Waals surface area contributed by atoms with Crippen LogP contribution in [0.15, 0.2) is 36.5 Å². The SMILES string of the molecule is CC(C)n1cc(C2=C(c3c(F)ccc4c3OCC4)C(=O)NC2=O)c2cc(CCCO)ccc21.Cl. The molecular formula is C26H26ClFN2O4. The number of halogens is 2. The number of imide groups is 1. The Balaban J connectivity index is 0.00000274. The van der Waals surface area contributed by atoms with E-state index in [1.54, 1.807) is 6.07 Å². The van der Waals surface area contributed by atoms with Gasteiger partial charge in [0, 0.05) is 41.7 Å². The van der Waals surface area contributed by atoms with Gasteiger partial charge in [-0.1, -0.05) is 12.1 Å². The molecule has 0 radical (unpaired) electrons. The summed E-state index contributed by atoms with van der Waals surface area (Å²) in [6, 6.07) is 9.08. The second-order valence-electron chi connectivity index (χ2n) is 8.76. The van der Waals surface area contributed by atoms with Crippen molar-refractivity contribution in [2.75, 3.05) is 13.2 Å². The lowest BCUT2D eigenvalue weighted by Gasteiger charge is -2.11. The molecule has 2 N–H and O–H groups in total. The zero-order chi connectivity index (χ0) is 23.3. The van der Waals surface area contributed by atoms with E-state index in [1.165, 1.54) is 6.07 Å². The van der Waals surface area contributed by atoms with E-state index >= 15 is 4.39 Å². The summed E-state index contributed by atoms with van der Waals surface area (Å²) in [4.78, 5) is 26.0. The summed E-state index contributed by atoms with van der Waals surface area (Å²) >= 11 is 0. The first kappa shape index (κ1) is 24.0. The van der Waals surface area contributed by atoms with Crippen LogP contribution in [0.3, 0.4) is 0 Å². The van der Waals surface area contributed by atoms with Gasteiger partial charge in [0.1, 0.15) is 11.6 Å². The van der Waals surface area contributed by atoms with E-state index in [0.29, 0.717) is 37.2 Å². The van der Waals surface area contributed by atoms with Crippen molar-refractivity contribution in [3.63, 3.8) is 0 Å². The lowest BCUT2D eigenvalue weighted by molar-refractivity contribution is -0.122. The summed E-state index contributed by atoms with van der Waals surface area (Å²) in [6.45, 7) is 4.57. The van der Waals surface area contributed by atoms with Gasteiger partial charge < -0.3 is 14.4 Å². The molecule has 178 valence electrons. The molecule has 5 rings (SSSR count). The maximum Gasteiger partial charge on any atom is 0.259 e. The molecule has 2 aromatic carbocycles. The van der Waals surface area contributed by atoms with Crippen LogP contribution in [0.1, 0.15) is 48.6 Å². The molecule has 2 aliphatic rings. The van der Waals surface area contributed by atoms with E-state index in [0.717, 1.165) is 22.0 Å². The van der Waals surface area contributed by atoms with Crippen molar-refractivity contribution in [3.8, 4) is 5.75 Å². The smallest absolute Gasteiger partial charge is 0.259 e. The number of hydrogen-bond acceptors (Lipinski definition) is 4. The Labute approximate surface area is 202 Å². The first-order chi connectivity index (χ1) is 15.9. The number of rotatable bonds is 6. The van der Waals surface area contributed by atoms with Crippen molar-refractivity contribution in [1.29, 1.82) is 0 Å². The Morgan fingerprint density at radius 3 is 2.65 bits per heavy atom. The number of carbonyl (C=O) groups excluding carboxylic acids is 2. The molecule has 34 heavy (non-hydrogen) atoms. The first-order valence-corrected chi connectivity index (χ1v) is 11.2. The van der Waals surface area contributed by atoms with Crippen LogP contribution in [0.25, 0.3) is 22.0 Å². The van der Waals surface area contributed by atoms with Crippen molar-refractivity contribution < 1.29 is 23.8 Å². The predicted molar refractivity (Wildman–Crippen MR) is 131 cm³/mol. The van der Waals surface area contributed by atoms with E-state index in [4.69, 9.17) is 4.74 Å². The van der Waals surface area contributed by atoms with E-state index in [2.05, 4.69) is 5.32 Å². The lowest BCUT2D eigenvalue weighted by atomic mass is 9.93. The van der Waals surface area contributed by atoms with Crippen molar-refractivity contribution >= 4 is 46.3 Å². The third-order valence-electron chi connectivity index (χ3n) is 6.33. The number of nitrogens with one attached hydrogen (secondary N) is 1. The van der Waals surface area contributed by atoms with E-state index in [9.17, 15) is 14.7 Å². The maximum atomic E-state index is 15.1. The molecule has 6 nitrogen and oxygen atoms in total. The minimum atomic E-state index is -0.625. The molecule has 0 bridgehead atoms. The van der Waals surface area contributed by atoms with Gasteiger partial charge in [-0.25, -0.2) is 4.39 Å². The van der Waals surface area contributed by atoms with Gasteiger partial charge in [0.25, 0.3) is 11.8 Å². The summed E-state index contributed by atoms with van der Waals surface area (Å²) in [5.74, 6) is -1.43. The second-order valence-corrected chi connectivity index (χ2v) is 8.76. The number of aryl methyl sites for hydroxylation is 1. The van der Waals surface area contributed by atoms with Gasteiger partial charge in [-0.2, -0.15) is 0 Å².